The van der Waals surface area contributed by atoms with Crippen LogP contribution in [-0.2, 0) is 5.41 Å². The lowest BCUT2D eigenvalue weighted by Crippen LogP contribution is -2.10. The number of aromatic nitrogens is 3. The van der Waals surface area contributed by atoms with Gasteiger partial charge in [0.2, 0.25) is 5.88 Å². The number of pyridine rings is 1. The number of ether oxygens (including phenoxy) is 1. The van der Waals surface area contributed by atoms with Gasteiger partial charge in [-0.1, -0.05) is 51.1 Å². The Morgan fingerprint density at radius 3 is 2.35 bits per heavy atom. The topological polar surface area (TPSA) is 47.9 Å². The molecule has 2 heterocycles. The second-order valence-corrected chi connectivity index (χ2v) is 6.33. The average Bonchev–Trinajstić information content (AvgIpc) is 2.56. The van der Waals surface area contributed by atoms with Gasteiger partial charge in [-0.2, -0.15) is 0 Å². The van der Waals surface area contributed by atoms with E-state index in [-0.39, 0.29) is 5.41 Å². The maximum atomic E-state index is 5.83. The lowest BCUT2D eigenvalue weighted by Gasteiger charge is -2.19. The van der Waals surface area contributed by atoms with Gasteiger partial charge in [-0.3, -0.25) is 0 Å². The Labute approximate surface area is 136 Å². The second-order valence-electron chi connectivity index (χ2n) is 6.33. The third kappa shape index (κ3) is 3.54. The van der Waals surface area contributed by atoms with Crippen molar-refractivity contribution < 1.29 is 4.74 Å². The molecule has 116 valence electrons. The van der Waals surface area contributed by atoms with Crippen molar-refractivity contribution in [3.8, 4) is 22.9 Å². The van der Waals surface area contributed by atoms with Gasteiger partial charge in [0.15, 0.2) is 5.75 Å². The highest BCUT2D eigenvalue weighted by molar-refractivity contribution is 5.66. The molecule has 0 aliphatic carbocycles. The van der Waals surface area contributed by atoms with E-state index in [9.17, 15) is 0 Å². The molecule has 3 aromatic rings. The molecule has 23 heavy (non-hydrogen) atoms. The summed E-state index contributed by atoms with van der Waals surface area (Å²) in [5.74, 6) is 1.12. The number of rotatable bonds is 3. The van der Waals surface area contributed by atoms with Gasteiger partial charge in [0, 0.05) is 17.8 Å². The number of hydrogen-bond acceptors (Lipinski definition) is 4. The molecule has 0 fully saturated rings. The number of benzene rings is 1. The summed E-state index contributed by atoms with van der Waals surface area (Å²) in [6.07, 6.45) is 4.88. The zero-order chi connectivity index (χ0) is 16.3. The Morgan fingerprint density at radius 2 is 1.70 bits per heavy atom. The summed E-state index contributed by atoms with van der Waals surface area (Å²) in [6.45, 7) is 6.59. The fourth-order valence-corrected chi connectivity index (χ4v) is 2.26. The Hall–Kier alpha value is -2.75. The van der Waals surface area contributed by atoms with Gasteiger partial charge in [0.25, 0.3) is 0 Å². The van der Waals surface area contributed by atoms with E-state index in [4.69, 9.17) is 4.74 Å². The molecule has 0 atom stereocenters. The molecule has 0 bridgehead atoms. The van der Waals surface area contributed by atoms with E-state index in [0.29, 0.717) is 11.6 Å². The molecular weight excluding hydrogens is 286 g/mol. The van der Waals surface area contributed by atoms with Crippen LogP contribution >= 0.6 is 0 Å². The zero-order valence-electron chi connectivity index (χ0n) is 13.5. The molecule has 0 aliphatic heterocycles. The van der Waals surface area contributed by atoms with Gasteiger partial charge in [-0.05, 0) is 17.0 Å². The Balaban J connectivity index is 1.94. The van der Waals surface area contributed by atoms with Crippen molar-refractivity contribution in [2.45, 2.75) is 26.2 Å². The van der Waals surface area contributed by atoms with Crippen LogP contribution in [0, 0.1) is 0 Å². The van der Waals surface area contributed by atoms with Gasteiger partial charge in [0.1, 0.15) is 12.0 Å². The van der Waals surface area contributed by atoms with Gasteiger partial charge in [-0.25, -0.2) is 15.0 Å². The maximum Gasteiger partial charge on any atom is 0.219 e. The number of hydrogen-bond donors (Lipinski definition) is 0. The Bertz CT molecular complexity index is 778. The summed E-state index contributed by atoms with van der Waals surface area (Å²) < 4.78 is 5.83. The molecule has 0 aliphatic rings. The molecule has 4 nitrogen and oxygen atoms in total. The highest BCUT2D eigenvalue weighted by atomic mass is 16.5. The minimum atomic E-state index is 0.123. The first-order valence-electron chi connectivity index (χ1n) is 7.54. The molecule has 1 aromatic carbocycles. The third-order valence-electron chi connectivity index (χ3n) is 3.56. The molecule has 0 radical (unpaired) electrons. The normalized spacial score (nSPS) is 11.3. The fraction of sp³-hybridized carbons (Fsp3) is 0.211. The molecule has 3 rings (SSSR count). The first-order chi connectivity index (χ1) is 11.0. The lowest BCUT2D eigenvalue weighted by molar-refractivity contribution is 0.460. The van der Waals surface area contributed by atoms with Crippen molar-refractivity contribution in [2.24, 2.45) is 0 Å². The van der Waals surface area contributed by atoms with Crippen LogP contribution in [0.25, 0.3) is 11.3 Å². The van der Waals surface area contributed by atoms with Crippen LogP contribution in [0.1, 0.15) is 26.3 Å². The predicted octanol–water partition coefficient (Wildman–Crippen LogP) is 4.63. The molecule has 0 saturated carbocycles. The standard InChI is InChI=1S/C19H19N3O/c1-19(2,3)15-9-7-14(8-10-15)18-16(12-20-13-22-18)23-17-6-4-5-11-21-17/h4-13H,1-3H3. The van der Waals surface area contributed by atoms with E-state index in [1.54, 1.807) is 18.5 Å². The predicted molar refractivity (Wildman–Crippen MR) is 90.5 cm³/mol. The van der Waals surface area contributed by atoms with Crippen LogP contribution < -0.4 is 4.74 Å². The van der Waals surface area contributed by atoms with Crippen LogP contribution in [0.3, 0.4) is 0 Å². The highest BCUT2D eigenvalue weighted by Crippen LogP contribution is 2.31. The maximum absolute atomic E-state index is 5.83. The van der Waals surface area contributed by atoms with Crippen molar-refractivity contribution in [3.05, 3.63) is 66.7 Å². The zero-order valence-corrected chi connectivity index (χ0v) is 13.5. The number of nitrogens with zero attached hydrogens (tertiary/aromatic N) is 3. The summed E-state index contributed by atoms with van der Waals surface area (Å²) in [6, 6.07) is 13.9. The summed E-state index contributed by atoms with van der Waals surface area (Å²) in [5, 5.41) is 0. The Morgan fingerprint density at radius 1 is 0.913 bits per heavy atom. The van der Waals surface area contributed by atoms with E-state index in [0.717, 1.165) is 11.3 Å². The van der Waals surface area contributed by atoms with E-state index in [1.165, 1.54) is 11.9 Å². The molecule has 0 N–H and O–H groups in total. The van der Waals surface area contributed by atoms with Gasteiger partial charge < -0.3 is 4.74 Å². The molecule has 0 spiro atoms. The molecule has 0 unspecified atom stereocenters. The Kier molecular flexibility index (Phi) is 4.06. The minimum Gasteiger partial charge on any atom is -0.435 e. The lowest BCUT2D eigenvalue weighted by atomic mass is 9.86. The van der Waals surface area contributed by atoms with Gasteiger partial charge in [-0.15, -0.1) is 0 Å². The molecular formula is C19H19N3O. The van der Waals surface area contributed by atoms with Crippen LogP contribution in [0.2, 0.25) is 0 Å². The van der Waals surface area contributed by atoms with E-state index in [1.807, 2.05) is 12.1 Å². The molecule has 4 heteroatoms. The fourth-order valence-electron chi connectivity index (χ4n) is 2.26. The quantitative estimate of drug-likeness (QED) is 0.708. The van der Waals surface area contributed by atoms with Crippen molar-refractivity contribution in [1.29, 1.82) is 0 Å². The van der Waals surface area contributed by atoms with E-state index in [2.05, 4.69) is 60.0 Å². The summed E-state index contributed by atoms with van der Waals surface area (Å²) in [7, 11) is 0. The summed E-state index contributed by atoms with van der Waals surface area (Å²) in [4.78, 5) is 12.6. The van der Waals surface area contributed by atoms with Crippen molar-refractivity contribution in [1.82, 2.24) is 15.0 Å². The largest absolute Gasteiger partial charge is 0.435 e. The minimum absolute atomic E-state index is 0.123. The smallest absolute Gasteiger partial charge is 0.219 e. The third-order valence-corrected chi connectivity index (χ3v) is 3.56. The first-order valence-corrected chi connectivity index (χ1v) is 7.54. The van der Waals surface area contributed by atoms with Crippen LogP contribution in [0.5, 0.6) is 11.6 Å². The summed E-state index contributed by atoms with van der Waals surface area (Å²) >= 11 is 0. The van der Waals surface area contributed by atoms with Crippen LogP contribution in [0.4, 0.5) is 0 Å². The summed E-state index contributed by atoms with van der Waals surface area (Å²) in [5.41, 5.74) is 3.15. The monoisotopic (exact) mass is 305 g/mol. The highest BCUT2D eigenvalue weighted by Gasteiger charge is 2.15. The molecule has 0 saturated heterocycles. The van der Waals surface area contributed by atoms with Gasteiger partial charge in [0.05, 0.1) is 6.20 Å². The van der Waals surface area contributed by atoms with E-state index >= 15 is 0 Å². The van der Waals surface area contributed by atoms with E-state index < -0.39 is 0 Å². The molecule has 2 aromatic heterocycles. The van der Waals surface area contributed by atoms with Crippen LogP contribution in [0.15, 0.2) is 61.2 Å². The first kappa shape index (κ1) is 15.2. The van der Waals surface area contributed by atoms with Crippen LogP contribution in [-0.4, -0.2) is 15.0 Å². The van der Waals surface area contributed by atoms with Crippen molar-refractivity contribution in [3.63, 3.8) is 0 Å². The van der Waals surface area contributed by atoms with Crippen molar-refractivity contribution >= 4 is 0 Å². The SMILES string of the molecule is CC(C)(C)c1ccc(-c2ncncc2Oc2ccccn2)cc1. The van der Waals surface area contributed by atoms with Gasteiger partial charge >= 0.3 is 0 Å². The average molecular weight is 305 g/mol. The van der Waals surface area contributed by atoms with Crippen molar-refractivity contribution in [2.75, 3.05) is 0 Å². The molecule has 0 amide bonds. The second kappa shape index (κ2) is 6.16.